The Morgan fingerprint density at radius 1 is 1.07 bits per heavy atom. The second kappa shape index (κ2) is 6.32. The third kappa shape index (κ3) is 2.82. The van der Waals surface area contributed by atoms with Gasteiger partial charge in [0.25, 0.3) is 0 Å². The van der Waals surface area contributed by atoms with Crippen molar-refractivity contribution >= 4 is 11.9 Å². The molecule has 1 fully saturated rings. The Bertz CT molecular complexity index is 959. The highest BCUT2D eigenvalue weighted by atomic mass is 16.7. The average molecular weight is 365 g/mol. The van der Waals surface area contributed by atoms with Gasteiger partial charge in [-0.2, -0.15) is 0 Å². The molecule has 0 aromatic heterocycles. The molecule has 6 nitrogen and oxygen atoms in total. The summed E-state index contributed by atoms with van der Waals surface area (Å²) in [6.45, 7) is 2.91. The molecular weight excluding hydrogens is 346 g/mol. The average Bonchev–Trinajstić information content (AvgIpc) is 3.39. The molecule has 3 aliphatic heterocycles. The van der Waals surface area contributed by atoms with Crippen LogP contribution in [0.25, 0.3) is 6.08 Å². The summed E-state index contributed by atoms with van der Waals surface area (Å²) in [7, 11) is 0. The van der Waals surface area contributed by atoms with Crippen LogP contribution in [0, 0.1) is 0 Å². The number of allylic oxidation sites excluding steroid dienone is 1. The zero-order valence-corrected chi connectivity index (χ0v) is 14.7. The minimum Gasteiger partial charge on any atom is -0.872 e. The largest absolute Gasteiger partial charge is 0.872 e. The summed E-state index contributed by atoms with van der Waals surface area (Å²) in [6, 6.07) is 8.51. The number of hydrogen-bond donors (Lipinski definition) is 1. The Kier molecular flexibility index (Phi) is 3.79. The van der Waals surface area contributed by atoms with Gasteiger partial charge >= 0.3 is 0 Å². The number of fused-ring (bicyclic) bond motifs is 2. The van der Waals surface area contributed by atoms with Crippen molar-refractivity contribution in [2.45, 2.75) is 19.4 Å². The first kappa shape index (κ1) is 16.2. The summed E-state index contributed by atoms with van der Waals surface area (Å²) in [4.78, 5) is 14.1. The topological polar surface area (TPSA) is 72.3 Å². The SMILES string of the molecule is O=C1/C(=C/c2ccc3c(c2)OCO3)Oc2c1ccc([O-])c2C[NH+]1CCCC1. The highest BCUT2D eigenvalue weighted by Crippen LogP contribution is 2.39. The molecule has 3 heterocycles. The van der Waals surface area contributed by atoms with Gasteiger partial charge in [-0.25, -0.2) is 0 Å². The molecule has 0 bridgehead atoms. The van der Waals surface area contributed by atoms with Gasteiger partial charge in [0.05, 0.1) is 18.7 Å². The quantitative estimate of drug-likeness (QED) is 0.830. The van der Waals surface area contributed by atoms with Crippen molar-refractivity contribution in [2.24, 2.45) is 0 Å². The maximum absolute atomic E-state index is 12.8. The number of carbonyl (C=O) groups is 1. The van der Waals surface area contributed by atoms with Gasteiger partial charge in [0.2, 0.25) is 12.6 Å². The van der Waals surface area contributed by atoms with Crippen LogP contribution in [0.1, 0.15) is 34.3 Å². The summed E-state index contributed by atoms with van der Waals surface area (Å²) in [5.74, 6) is 1.73. The van der Waals surface area contributed by atoms with E-state index >= 15 is 0 Å². The van der Waals surface area contributed by atoms with Crippen molar-refractivity contribution < 1.29 is 29.0 Å². The van der Waals surface area contributed by atoms with Crippen molar-refractivity contribution in [1.29, 1.82) is 0 Å². The molecule has 0 radical (unpaired) electrons. The predicted octanol–water partition coefficient (Wildman–Crippen LogP) is 1.28. The molecule has 138 valence electrons. The second-order valence-corrected chi connectivity index (χ2v) is 7.11. The minimum atomic E-state index is -0.194. The van der Waals surface area contributed by atoms with E-state index in [4.69, 9.17) is 14.2 Å². The standard InChI is InChI=1S/C21H19NO5/c23-16-5-4-14-20(24)19(10-13-3-6-17-18(9-13)26-12-25-17)27-21(14)15(16)11-22-7-1-2-8-22/h3-6,9-10,23H,1-2,7-8,11-12H2/b19-10-. The number of ether oxygens (including phenoxy) is 3. The molecule has 2 aromatic rings. The van der Waals surface area contributed by atoms with Crippen molar-refractivity contribution in [3.63, 3.8) is 0 Å². The van der Waals surface area contributed by atoms with E-state index in [0.717, 1.165) is 18.7 Å². The molecule has 2 aromatic carbocycles. The van der Waals surface area contributed by atoms with Gasteiger partial charge in [-0.1, -0.05) is 17.9 Å². The van der Waals surface area contributed by atoms with Crippen LogP contribution in [0.4, 0.5) is 0 Å². The molecule has 0 unspecified atom stereocenters. The summed E-state index contributed by atoms with van der Waals surface area (Å²) < 4.78 is 16.6. The first-order valence-corrected chi connectivity index (χ1v) is 9.19. The molecule has 0 amide bonds. The number of benzene rings is 2. The number of likely N-dealkylation sites (tertiary alicyclic amines) is 1. The highest BCUT2D eigenvalue weighted by Gasteiger charge is 2.31. The molecule has 1 N–H and O–H groups in total. The normalized spacial score (nSPS) is 19.6. The zero-order valence-electron chi connectivity index (χ0n) is 14.7. The number of ketones is 1. The third-order valence-electron chi connectivity index (χ3n) is 5.33. The Morgan fingerprint density at radius 2 is 1.89 bits per heavy atom. The fourth-order valence-corrected chi connectivity index (χ4v) is 3.91. The lowest BCUT2D eigenvalue weighted by Gasteiger charge is -2.19. The van der Waals surface area contributed by atoms with E-state index < -0.39 is 0 Å². The van der Waals surface area contributed by atoms with Gasteiger partial charge in [-0.15, -0.1) is 0 Å². The first-order valence-electron chi connectivity index (χ1n) is 9.19. The summed E-state index contributed by atoms with van der Waals surface area (Å²) >= 11 is 0. The molecule has 6 heteroatoms. The van der Waals surface area contributed by atoms with Gasteiger partial charge in [-0.3, -0.25) is 4.79 Å². The van der Waals surface area contributed by atoms with Crippen LogP contribution in [-0.2, 0) is 6.54 Å². The lowest BCUT2D eigenvalue weighted by molar-refractivity contribution is -0.901. The van der Waals surface area contributed by atoms with Crippen molar-refractivity contribution in [3.8, 4) is 23.0 Å². The van der Waals surface area contributed by atoms with Gasteiger partial charge in [0, 0.05) is 18.4 Å². The third-order valence-corrected chi connectivity index (χ3v) is 5.33. The smallest absolute Gasteiger partial charge is 0.231 e. The van der Waals surface area contributed by atoms with Crippen LogP contribution in [0.5, 0.6) is 23.0 Å². The lowest BCUT2D eigenvalue weighted by atomic mass is 10.0. The maximum atomic E-state index is 12.8. The Morgan fingerprint density at radius 3 is 2.74 bits per heavy atom. The molecule has 5 rings (SSSR count). The van der Waals surface area contributed by atoms with Gasteiger partial charge in [-0.05, 0) is 29.8 Å². The van der Waals surface area contributed by atoms with E-state index in [1.165, 1.54) is 23.8 Å². The van der Waals surface area contributed by atoms with Crippen LogP contribution >= 0.6 is 0 Å². The van der Waals surface area contributed by atoms with E-state index in [2.05, 4.69) is 0 Å². The summed E-state index contributed by atoms with van der Waals surface area (Å²) in [5.41, 5.74) is 1.85. The molecule has 0 atom stereocenters. The van der Waals surface area contributed by atoms with Crippen LogP contribution in [0.15, 0.2) is 36.1 Å². The van der Waals surface area contributed by atoms with Gasteiger partial charge in [0.15, 0.2) is 17.3 Å². The molecule has 0 spiro atoms. The van der Waals surface area contributed by atoms with Crippen molar-refractivity contribution in [3.05, 3.63) is 52.8 Å². The maximum Gasteiger partial charge on any atom is 0.231 e. The fourth-order valence-electron chi connectivity index (χ4n) is 3.91. The Labute approximate surface area is 156 Å². The predicted molar refractivity (Wildman–Crippen MR) is 95.0 cm³/mol. The summed E-state index contributed by atoms with van der Waals surface area (Å²) in [5, 5.41) is 12.4. The van der Waals surface area contributed by atoms with Crippen LogP contribution in [0.3, 0.4) is 0 Å². The van der Waals surface area contributed by atoms with E-state index in [1.807, 2.05) is 12.1 Å². The van der Waals surface area contributed by atoms with Crippen LogP contribution in [0.2, 0.25) is 0 Å². The van der Waals surface area contributed by atoms with E-state index in [1.54, 1.807) is 18.2 Å². The van der Waals surface area contributed by atoms with Crippen LogP contribution < -0.4 is 24.2 Å². The number of carbonyl (C=O) groups excluding carboxylic acids is 1. The Balaban J connectivity index is 1.47. The summed E-state index contributed by atoms with van der Waals surface area (Å²) in [6.07, 6.45) is 4.03. The number of nitrogens with one attached hydrogen (secondary N) is 1. The van der Waals surface area contributed by atoms with Gasteiger partial charge < -0.3 is 24.2 Å². The zero-order chi connectivity index (χ0) is 18.4. The Hall–Kier alpha value is -2.99. The van der Waals surface area contributed by atoms with E-state index in [0.29, 0.717) is 34.9 Å². The molecule has 1 saturated heterocycles. The molecule has 27 heavy (non-hydrogen) atoms. The second-order valence-electron chi connectivity index (χ2n) is 7.11. The highest BCUT2D eigenvalue weighted by molar-refractivity contribution is 6.15. The number of Topliss-reactive ketones (excluding diaryl/α,β-unsaturated/α-hetero) is 1. The lowest BCUT2D eigenvalue weighted by Crippen LogP contribution is -3.08. The number of hydrogen-bond acceptors (Lipinski definition) is 5. The van der Waals surface area contributed by atoms with Crippen molar-refractivity contribution in [2.75, 3.05) is 19.9 Å². The fraction of sp³-hybridized carbons (Fsp3) is 0.286. The molecule has 0 saturated carbocycles. The number of quaternary nitrogens is 1. The van der Waals surface area contributed by atoms with Crippen molar-refractivity contribution in [1.82, 2.24) is 0 Å². The van der Waals surface area contributed by atoms with Gasteiger partial charge in [0.1, 0.15) is 12.3 Å². The number of rotatable bonds is 3. The molecular formula is C21H19NO5. The molecule has 0 aliphatic carbocycles. The van der Waals surface area contributed by atoms with E-state index in [9.17, 15) is 9.90 Å². The minimum absolute atomic E-state index is 0.0646. The first-order chi connectivity index (χ1) is 13.2. The monoisotopic (exact) mass is 365 g/mol. The van der Waals surface area contributed by atoms with Crippen LogP contribution in [-0.4, -0.2) is 25.7 Å². The molecule has 3 aliphatic rings. The van der Waals surface area contributed by atoms with E-state index in [-0.39, 0.29) is 24.1 Å².